The molecule has 3 atom stereocenters. The van der Waals surface area contributed by atoms with Crippen LogP contribution in [-0.4, -0.2) is 29.0 Å². The highest BCUT2D eigenvalue weighted by atomic mass is 19.1. The number of hydrogen-bond donors (Lipinski definition) is 2. The lowest BCUT2D eigenvalue weighted by atomic mass is 9.78. The van der Waals surface area contributed by atoms with Crippen LogP contribution in [0.1, 0.15) is 49.5 Å². The summed E-state index contributed by atoms with van der Waals surface area (Å²) in [6.45, 7) is 3.91. The van der Waals surface area contributed by atoms with Crippen LogP contribution in [0.25, 0.3) is 11.1 Å². The number of rotatable bonds is 4. The van der Waals surface area contributed by atoms with Crippen LogP contribution < -0.4 is 0 Å². The van der Waals surface area contributed by atoms with Crippen LogP contribution >= 0.6 is 0 Å². The van der Waals surface area contributed by atoms with Crippen LogP contribution in [0.5, 0.6) is 0 Å². The maximum atomic E-state index is 14.9. The van der Waals surface area contributed by atoms with E-state index in [1.807, 2.05) is 38.1 Å². The zero-order valence-corrected chi connectivity index (χ0v) is 16.8. The van der Waals surface area contributed by atoms with Gasteiger partial charge in [-0.05, 0) is 39.9 Å². The molecule has 2 aliphatic carbocycles. The van der Waals surface area contributed by atoms with Gasteiger partial charge in [0.15, 0.2) is 0 Å². The summed E-state index contributed by atoms with van der Waals surface area (Å²) in [6.07, 6.45) is -0.424. The molecule has 2 N–H and O–H groups in total. The minimum Gasteiger partial charge on any atom is -0.394 e. The van der Waals surface area contributed by atoms with Crippen LogP contribution in [0, 0.1) is 5.82 Å². The third-order valence-electron chi connectivity index (χ3n) is 6.07. The van der Waals surface area contributed by atoms with Crippen LogP contribution in [0.4, 0.5) is 4.39 Å². The molecular weight excluding hydrogens is 367 g/mol. The molecular formula is C25H27FO3. The summed E-state index contributed by atoms with van der Waals surface area (Å²) in [7, 11) is 0. The summed E-state index contributed by atoms with van der Waals surface area (Å²) < 4.78 is 20.9. The average molecular weight is 394 g/mol. The molecule has 1 fully saturated rings. The van der Waals surface area contributed by atoms with Crippen molar-refractivity contribution in [1.82, 2.24) is 0 Å². The summed E-state index contributed by atoms with van der Waals surface area (Å²) in [5.74, 6) is -0.260. The van der Waals surface area contributed by atoms with E-state index in [1.54, 1.807) is 6.07 Å². The lowest BCUT2D eigenvalue weighted by Gasteiger charge is -2.33. The first kappa shape index (κ1) is 20.0. The Labute approximate surface area is 171 Å². The predicted octanol–water partition coefficient (Wildman–Crippen LogP) is 4.83. The van der Waals surface area contributed by atoms with Gasteiger partial charge < -0.3 is 14.9 Å². The first-order chi connectivity index (χ1) is 13.9. The zero-order valence-electron chi connectivity index (χ0n) is 16.8. The maximum absolute atomic E-state index is 14.9. The minimum absolute atomic E-state index is 0.134. The molecule has 0 aromatic heterocycles. The van der Waals surface area contributed by atoms with E-state index in [0.29, 0.717) is 18.4 Å². The van der Waals surface area contributed by atoms with Crippen molar-refractivity contribution in [2.75, 3.05) is 6.61 Å². The first-order valence-corrected chi connectivity index (χ1v) is 10.1. The Morgan fingerprint density at radius 1 is 1.00 bits per heavy atom. The smallest absolute Gasteiger partial charge is 0.127 e. The Morgan fingerprint density at radius 2 is 1.69 bits per heavy atom. The fourth-order valence-electron chi connectivity index (χ4n) is 4.28. The topological polar surface area (TPSA) is 49.7 Å². The van der Waals surface area contributed by atoms with Gasteiger partial charge in [-0.1, -0.05) is 62.4 Å². The van der Waals surface area contributed by atoms with E-state index in [4.69, 9.17) is 4.74 Å². The Morgan fingerprint density at radius 3 is 2.34 bits per heavy atom. The maximum Gasteiger partial charge on any atom is 0.127 e. The molecule has 1 heterocycles. The van der Waals surface area contributed by atoms with Crippen molar-refractivity contribution in [3.05, 3.63) is 83.2 Å². The second-order valence-corrected chi connectivity index (χ2v) is 8.48. The first-order valence-electron chi connectivity index (χ1n) is 10.1. The number of ether oxygens (including phenoxy) is 1. The van der Waals surface area contributed by atoms with Gasteiger partial charge in [0.05, 0.1) is 24.9 Å². The second kappa shape index (κ2) is 7.86. The van der Waals surface area contributed by atoms with Crippen molar-refractivity contribution < 1.29 is 19.3 Å². The van der Waals surface area contributed by atoms with Crippen LogP contribution in [0.3, 0.4) is 0 Å². The van der Waals surface area contributed by atoms with Crippen molar-refractivity contribution >= 4 is 0 Å². The summed E-state index contributed by atoms with van der Waals surface area (Å²) in [4.78, 5) is 0. The van der Waals surface area contributed by atoms with Gasteiger partial charge in [-0.3, -0.25) is 0 Å². The normalized spacial score (nSPS) is 22.7. The third kappa shape index (κ3) is 3.93. The molecule has 0 saturated carbocycles. The molecule has 152 valence electrons. The number of halogens is 1. The molecule has 0 spiro atoms. The van der Waals surface area contributed by atoms with E-state index in [9.17, 15) is 14.6 Å². The number of fused-ring (bicyclic) bond motifs is 1. The summed E-state index contributed by atoms with van der Waals surface area (Å²) in [5.41, 5.74) is 4.18. The highest BCUT2D eigenvalue weighted by Gasteiger charge is 2.32. The number of benzene rings is 1. The Bertz CT molecular complexity index is 937. The van der Waals surface area contributed by atoms with Gasteiger partial charge in [-0.15, -0.1) is 0 Å². The van der Waals surface area contributed by atoms with Gasteiger partial charge in [0.25, 0.3) is 0 Å². The van der Waals surface area contributed by atoms with E-state index in [-0.39, 0.29) is 18.5 Å². The second-order valence-electron chi connectivity index (χ2n) is 8.48. The number of aliphatic hydroxyl groups is 2. The van der Waals surface area contributed by atoms with Gasteiger partial charge in [0, 0.05) is 18.3 Å². The Kier molecular flexibility index (Phi) is 5.43. The van der Waals surface area contributed by atoms with Crippen molar-refractivity contribution in [2.24, 2.45) is 0 Å². The van der Waals surface area contributed by atoms with Crippen molar-refractivity contribution in [2.45, 2.75) is 50.4 Å². The molecule has 1 aliphatic heterocycles. The van der Waals surface area contributed by atoms with Crippen LogP contribution in [0.2, 0.25) is 0 Å². The molecule has 1 aromatic carbocycles. The van der Waals surface area contributed by atoms with Gasteiger partial charge in [0.1, 0.15) is 5.82 Å². The van der Waals surface area contributed by atoms with Crippen molar-refractivity contribution in [1.29, 1.82) is 0 Å². The summed E-state index contributed by atoms with van der Waals surface area (Å²) >= 11 is 0. The molecule has 0 bridgehead atoms. The van der Waals surface area contributed by atoms with E-state index < -0.39 is 17.6 Å². The predicted molar refractivity (Wildman–Crippen MR) is 112 cm³/mol. The monoisotopic (exact) mass is 394 g/mol. The molecule has 29 heavy (non-hydrogen) atoms. The standard InChI is InChI=1S/C25H27FO3/c1-25(2,19-10-16-6-4-3-5-7-17(16)11-19)22-12-18(8-9-23(22)26)24-14-20(28)13-21(15-27)29-24/h3-12,20-21,24,27-28H,13-15H2,1-2H3. The fraction of sp³-hybridized carbons (Fsp3) is 0.360. The molecule has 0 amide bonds. The van der Waals surface area contributed by atoms with Gasteiger partial charge >= 0.3 is 0 Å². The molecule has 3 unspecified atom stereocenters. The lowest BCUT2D eigenvalue weighted by molar-refractivity contribution is -0.113. The fourth-order valence-corrected chi connectivity index (χ4v) is 4.28. The van der Waals surface area contributed by atoms with Gasteiger partial charge in [0.2, 0.25) is 0 Å². The largest absolute Gasteiger partial charge is 0.394 e. The quantitative estimate of drug-likeness (QED) is 0.666. The summed E-state index contributed by atoms with van der Waals surface area (Å²) in [5, 5.41) is 19.6. The molecule has 3 nitrogen and oxygen atoms in total. The van der Waals surface area contributed by atoms with E-state index in [2.05, 4.69) is 24.3 Å². The SMILES string of the molecule is CC(C)(c1cc2cccccc-2c1)c1cc(C2CC(O)CC(CO)O2)ccc1F. The highest BCUT2D eigenvalue weighted by molar-refractivity contribution is 5.69. The van der Waals surface area contributed by atoms with Crippen molar-refractivity contribution in [3.63, 3.8) is 0 Å². The molecule has 3 aliphatic rings. The Balaban J connectivity index is 1.72. The summed E-state index contributed by atoms with van der Waals surface area (Å²) in [6, 6.07) is 19.4. The van der Waals surface area contributed by atoms with Crippen LogP contribution in [0.15, 0.2) is 60.7 Å². The highest BCUT2D eigenvalue weighted by Crippen LogP contribution is 2.40. The minimum atomic E-state index is -0.540. The molecule has 1 saturated heterocycles. The van der Waals surface area contributed by atoms with Gasteiger partial charge in [-0.2, -0.15) is 0 Å². The van der Waals surface area contributed by atoms with E-state index in [0.717, 1.165) is 22.3 Å². The van der Waals surface area contributed by atoms with Crippen LogP contribution in [-0.2, 0) is 10.2 Å². The zero-order chi connectivity index (χ0) is 20.6. The number of hydrogen-bond acceptors (Lipinski definition) is 3. The van der Waals surface area contributed by atoms with Crippen molar-refractivity contribution in [3.8, 4) is 11.1 Å². The molecule has 4 heteroatoms. The molecule has 0 radical (unpaired) electrons. The average Bonchev–Trinajstić information content (AvgIpc) is 2.99. The third-order valence-corrected chi connectivity index (χ3v) is 6.07. The number of aliphatic hydroxyl groups excluding tert-OH is 2. The molecule has 4 rings (SSSR count). The van der Waals surface area contributed by atoms with E-state index >= 15 is 0 Å². The molecule has 1 aromatic rings. The Hall–Kier alpha value is -2.27. The lowest BCUT2D eigenvalue weighted by Crippen LogP contribution is -2.33. The van der Waals surface area contributed by atoms with E-state index in [1.165, 1.54) is 6.07 Å². The van der Waals surface area contributed by atoms with Gasteiger partial charge in [-0.25, -0.2) is 4.39 Å².